The lowest BCUT2D eigenvalue weighted by Gasteiger charge is -2.13. The van der Waals surface area contributed by atoms with Crippen molar-refractivity contribution in [3.05, 3.63) is 42.2 Å². The molecule has 1 N–H and O–H groups in total. The molecule has 24 heavy (non-hydrogen) atoms. The Morgan fingerprint density at radius 1 is 1.29 bits per heavy atom. The Hall–Kier alpha value is -2.43. The summed E-state index contributed by atoms with van der Waals surface area (Å²) < 4.78 is 6.07. The van der Waals surface area contributed by atoms with E-state index in [1.165, 1.54) is 0 Å². The maximum atomic E-state index is 11.9. The highest BCUT2D eigenvalue weighted by Gasteiger charge is 2.26. The first kappa shape index (κ1) is 16.4. The van der Waals surface area contributed by atoms with Crippen molar-refractivity contribution in [1.82, 2.24) is 15.3 Å². The van der Waals surface area contributed by atoms with E-state index >= 15 is 0 Å². The maximum Gasteiger partial charge on any atom is 0.220 e. The van der Waals surface area contributed by atoms with Gasteiger partial charge in [0.15, 0.2) is 5.82 Å². The Labute approximate surface area is 142 Å². The molecule has 5 nitrogen and oxygen atoms in total. The predicted octanol–water partition coefficient (Wildman–Crippen LogP) is 3.00. The molecular formula is C19H23N3O2. The van der Waals surface area contributed by atoms with E-state index in [-0.39, 0.29) is 12.0 Å². The van der Waals surface area contributed by atoms with Crippen LogP contribution < -0.4 is 10.1 Å². The van der Waals surface area contributed by atoms with Crippen LogP contribution in [-0.2, 0) is 11.2 Å². The van der Waals surface area contributed by atoms with Gasteiger partial charge in [-0.25, -0.2) is 9.97 Å². The smallest absolute Gasteiger partial charge is 0.220 e. The fraction of sp³-hybridized carbons (Fsp3) is 0.421. The summed E-state index contributed by atoms with van der Waals surface area (Å²) in [5.74, 6) is 2.13. The molecular weight excluding hydrogens is 302 g/mol. The van der Waals surface area contributed by atoms with Crippen LogP contribution in [0.5, 0.6) is 5.75 Å². The molecule has 0 aliphatic carbocycles. The average molecular weight is 325 g/mol. The SMILES string of the molecule is CC(C)CCC(=O)NC[C@@H]1Cc2cccc(-c3ncccn3)c2O1. The molecule has 1 aliphatic heterocycles. The van der Waals surface area contributed by atoms with Crippen LogP contribution in [0.4, 0.5) is 0 Å². The van der Waals surface area contributed by atoms with E-state index in [0.29, 0.717) is 24.7 Å². The third kappa shape index (κ3) is 3.91. The van der Waals surface area contributed by atoms with Crippen LogP contribution in [0.25, 0.3) is 11.4 Å². The first-order valence-electron chi connectivity index (χ1n) is 8.46. The molecule has 0 fully saturated rings. The molecule has 2 aromatic rings. The number of rotatable bonds is 6. The Bertz CT molecular complexity index is 701. The fourth-order valence-corrected chi connectivity index (χ4v) is 2.80. The van der Waals surface area contributed by atoms with E-state index in [2.05, 4.69) is 35.2 Å². The summed E-state index contributed by atoms with van der Waals surface area (Å²) in [7, 11) is 0. The molecule has 1 aliphatic rings. The number of ether oxygens (including phenoxy) is 1. The monoisotopic (exact) mass is 325 g/mol. The number of hydrogen-bond donors (Lipinski definition) is 1. The van der Waals surface area contributed by atoms with Gasteiger partial charge in [-0.2, -0.15) is 0 Å². The Balaban J connectivity index is 1.62. The lowest BCUT2D eigenvalue weighted by atomic mass is 10.1. The normalized spacial score (nSPS) is 15.9. The molecule has 0 unspecified atom stereocenters. The first-order chi connectivity index (χ1) is 11.6. The van der Waals surface area contributed by atoms with Crippen molar-refractivity contribution in [2.24, 2.45) is 5.92 Å². The molecule has 0 spiro atoms. The number of para-hydroxylation sites is 1. The second kappa shape index (κ2) is 7.43. The summed E-state index contributed by atoms with van der Waals surface area (Å²) in [6.07, 6.45) is 5.69. The van der Waals surface area contributed by atoms with Gasteiger partial charge in [0.1, 0.15) is 11.9 Å². The highest BCUT2D eigenvalue weighted by Crippen LogP contribution is 2.37. The van der Waals surface area contributed by atoms with Crippen molar-refractivity contribution in [1.29, 1.82) is 0 Å². The minimum absolute atomic E-state index is 0.0344. The summed E-state index contributed by atoms with van der Waals surface area (Å²) >= 11 is 0. The number of carbonyl (C=O) groups is 1. The van der Waals surface area contributed by atoms with E-state index in [4.69, 9.17) is 4.74 Å². The van der Waals surface area contributed by atoms with Crippen molar-refractivity contribution in [2.45, 2.75) is 39.2 Å². The minimum Gasteiger partial charge on any atom is -0.487 e. The van der Waals surface area contributed by atoms with Crippen molar-refractivity contribution >= 4 is 5.91 Å². The van der Waals surface area contributed by atoms with Crippen LogP contribution in [0.2, 0.25) is 0 Å². The lowest BCUT2D eigenvalue weighted by molar-refractivity contribution is -0.121. The topological polar surface area (TPSA) is 64.1 Å². The summed E-state index contributed by atoms with van der Waals surface area (Å²) in [5, 5.41) is 2.98. The predicted molar refractivity (Wildman–Crippen MR) is 92.7 cm³/mol. The van der Waals surface area contributed by atoms with E-state index in [9.17, 15) is 4.79 Å². The quantitative estimate of drug-likeness (QED) is 0.887. The van der Waals surface area contributed by atoms with Gasteiger partial charge in [-0.3, -0.25) is 4.79 Å². The number of fused-ring (bicyclic) bond motifs is 1. The summed E-state index contributed by atoms with van der Waals surface area (Å²) in [5.41, 5.74) is 2.04. The lowest BCUT2D eigenvalue weighted by Crippen LogP contribution is -2.34. The van der Waals surface area contributed by atoms with Crippen LogP contribution in [0.3, 0.4) is 0 Å². The van der Waals surface area contributed by atoms with Crippen LogP contribution in [0, 0.1) is 5.92 Å². The molecule has 5 heteroatoms. The van der Waals surface area contributed by atoms with Gasteiger partial charge in [-0.15, -0.1) is 0 Å². The van der Waals surface area contributed by atoms with E-state index in [0.717, 1.165) is 29.7 Å². The molecule has 0 bridgehead atoms. The van der Waals surface area contributed by atoms with Gasteiger partial charge in [0.25, 0.3) is 0 Å². The van der Waals surface area contributed by atoms with Crippen molar-refractivity contribution < 1.29 is 9.53 Å². The zero-order chi connectivity index (χ0) is 16.9. The molecule has 1 atom stereocenters. The Morgan fingerprint density at radius 3 is 2.83 bits per heavy atom. The Morgan fingerprint density at radius 2 is 2.08 bits per heavy atom. The number of amides is 1. The second-order valence-electron chi connectivity index (χ2n) is 6.55. The standard InChI is InChI=1S/C19H23N3O2/c1-13(2)7-8-17(23)22-12-15-11-14-5-3-6-16(18(14)24-15)19-20-9-4-10-21-19/h3-6,9-10,13,15H,7-8,11-12H2,1-2H3,(H,22,23)/t15-/m0/s1. The third-order valence-corrected chi connectivity index (χ3v) is 4.11. The fourth-order valence-electron chi connectivity index (χ4n) is 2.80. The van der Waals surface area contributed by atoms with Gasteiger partial charge < -0.3 is 10.1 Å². The number of aromatic nitrogens is 2. The number of nitrogens with zero attached hydrogens (tertiary/aromatic N) is 2. The van der Waals surface area contributed by atoms with E-state index < -0.39 is 0 Å². The minimum atomic E-state index is -0.0344. The third-order valence-electron chi connectivity index (χ3n) is 4.11. The zero-order valence-corrected chi connectivity index (χ0v) is 14.2. The van der Waals surface area contributed by atoms with E-state index in [1.807, 2.05) is 12.1 Å². The zero-order valence-electron chi connectivity index (χ0n) is 14.2. The molecule has 0 radical (unpaired) electrons. The van der Waals surface area contributed by atoms with Gasteiger partial charge >= 0.3 is 0 Å². The van der Waals surface area contributed by atoms with Gasteiger partial charge in [-0.05, 0) is 30.0 Å². The molecule has 3 rings (SSSR count). The molecule has 0 saturated heterocycles. The number of carbonyl (C=O) groups excluding carboxylic acids is 1. The molecule has 1 aromatic carbocycles. The summed E-state index contributed by atoms with van der Waals surface area (Å²) in [6.45, 7) is 4.77. The largest absolute Gasteiger partial charge is 0.487 e. The molecule has 1 amide bonds. The highest BCUT2D eigenvalue weighted by atomic mass is 16.5. The van der Waals surface area contributed by atoms with Crippen LogP contribution in [0.1, 0.15) is 32.3 Å². The highest BCUT2D eigenvalue weighted by molar-refractivity contribution is 5.76. The van der Waals surface area contributed by atoms with Gasteiger partial charge in [0.2, 0.25) is 5.91 Å². The Kier molecular flexibility index (Phi) is 5.08. The molecule has 2 heterocycles. The number of benzene rings is 1. The number of nitrogens with one attached hydrogen (secondary N) is 1. The van der Waals surface area contributed by atoms with Gasteiger partial charge in [0, 0.05) is 25.2 Å². The number of hydrogen-bond acceptors (Lipinski definition) is 4. The molecule has 1 aromatic heterocycles. The van der Waals surface area contributed by atoms with Crippen LogP contribution in [0.15, 0.2) is 36.7 Å². The van der Waals surface area contributed by atoms with Crippen molar-refractivity contribution in [2.75, 3.05) is 6.54 Å². The van der Waals surface area contributed by atoms with Gasteiger partial charge in [-0.1, -0.05) is 26.0 Å². The summed E-state index contributed by atoms with van der Waals surface area (Å²) in [4.78, 5) is 20.5. The molecule has 126 valence electrons. The van der Waals surface area contributed by atoms with Gasteiger partial charge in [0.05, 0.1) is 12.1 Å². The second-order valence-corrected chi connectivity index (χ2v) is 6.55. The van der Waals surface area contributed by atoms with Crippen LogP contribution >= 0.6 is 0 Å². The first-order valence-corrected chi connectivity index (χ1v) is 8.46. The van der Waals surface area contributed by atoms with Crippen molar-refractivity contribution in [3.8, 4) is 17.1 Å². The maximum absolute atomic E-state index is 11.9. The van der Waals surface area contributed by atoms with Crippen LogP contribution in [-0.4, -0.2) is 28.5 Å². The van der Waals surface area contributed by atoms with E-state index in [1.54, 1.807) is 18.5 Å². The van der Waals surface area contributed by atoms with Crippen molar-refractivity contribution in [3.63, 3.8) is 0 Å². The average Bonchev–Trinajstić information content (AvgIpc) is 3.02. The summed E-state index contributed by atoms with van der Waals surface area (Å²) in [6, 6.07) is 7.82. The molecule has 0 saturated carbocycles.